The van der Waals surface area contributed by atoms with E-state index in [1.807, 2.05) is 0 Å². The van der Waals surface area contributed by atoms with Crippen LogP contribution in [-0.4, -0.2) is 16.1 Å². The Balaban J connectivity index is 2.41. The van der Waals surface area contributed by atoms with E-state index in [0.29, 0.717) is 0 Å². The van der Waals surface area contributed by atoms with Gasteiger partial charge in [0, 0.05) is 4.88 Å². The molecule has 0 fully saturated rings. The first-order valence-electron chi connectivity index (χ1n) is 4.06. The quantitative estimate of drug-likeness (QED) is 0.845. The molecule has 0 saturated carbocycles. The van der Waals surface area contributed by atoms with Crippen LogP contribution in [0.15, 0.2) is 3.92 Å². The molecule has 1 aliphatic rings. The summed E-state index contributed by atoms with van der Waals surface area (Å²) in [5.41, 5.74) is 0.968. The summed E-state index contributed by atoms with van der Waals surface area (Å²) in [5, 5.41) is 8.96. The minimum Gasteiger partial charge on any atom is -0.481 e. The number of carboxylic acids is 1. The summed E-state index contributed by atoms with van der Waals surface area (Å²) in [5.74, 6) is -1.05. The van der Waals surface area contributed by atoms with Crippen molar-refractivity contribution in [1.29, 1.82) is 0 Å². The van der Waals surface area contributed by atoms with E-state index >= 15 is 0 Å². The Kier molecular flexibility index (Phi) is 2.38. The first kappa shape index (κ1) is 9.15. The fraction of sp³-hybridized carbons (Fsp3) is 0.500. The molecule has 1 unspecified atom stereocenters. The van der Waals surface area contributed by atoms with Gasteiger partial charge in [-0.05, 0) is 35.2 Å². The topological polar surface area (TPSA) is 50.2 Å². The van der Waals surface area contributed by atoms with Crippen LogP contribution in [0, 0.1) is 0 Å². The maximum absolute atomic E-state index is 10.9. The lowest BCUT2D eigenvalue weighted by Crippen LogP contribution is -2.16. The van der Waals surface area contributed by atoms with Crippen LogP contribution in [0.5, 0.6) is 0 Å². The number of hydrogen-bond donors (Lipinski definition) is 1. The fourth-order valence-electron chi connectivity index (χ4n) is 1.63. The fourth-order valence-corrected chi connectivity index (χ4v) is 3.33. The van der Waals surface area contributed by atoms with Crippen molar-refractivity contribution in [2.75, 3.05) is 0 Å². The summed E-state index contributed by atoms with van der Waals surface area (Å²) in [6.07, 6.45) is 2.60. The third kappa shape index (κ3) is 1.62. The van der Waals surface area contributed by atoms with E-state index in [0.717, 1.165) is 33.8 Å². The molecule has 0 amide bonds. The van der Waals surface area contributed by atoms with Gasteiger partial charge in [0.1, 0.15) is 0 Å². The maximum Gasteiger partial charge on any atom is 0.311 e. The molecule has 1 atom stereocenters. The average Bonchev–Trinajstić information content (AvgIpc) is 2.43. The van der Waals surface area contributed by atoms with E-state index in [9.17, 15) is 4.79 Å². The highest BCUT2D eigenvalue weighted by Gasteiger charge is 2.29. The molecule has 1 N–H and O–H groups in total. The van der Waals surface area contributed by atoms with Gasteiger partial charge in [-0.2, -0.15) is 0 Å². The van der Waals surface area contributed by atoms with Crippen LogP contribution in [0.3, 0.4) is 0 Å². The molecule has 3 nitrogen and oxygen atoms in total. The zero-order valence-corrected chi connectivity index (χ0v) is 9.19. The lowest BCUT2D eigenvalue weighted by atomic mass is 9.92. The van der Waals surface area contributed by atoms with Gasteiger partial charge in [0.25, 0.3) is 0 Å². The molecule has 1 aromatic rings. The van der Waals surface area contributed by atoms with Crippen LogP contribution in [0.4, 0.5) is 0 Å². The van der Waals surface area contributed by atoms with Gasteiger partial charge in [0.15, 0.2) is 3.92 Å². The van der Waals surface area contributed by atoms with Crippen LogP contribution in [0.2, 0.25) is 0 Å². The second-order valence-corrected chi connectivity index (χ2v) is 5.37. The largest absolute Gasteiger partial charge is 0.481 e. The molecule has 5 heteroatoms. The Hall–Kier alpha value is -0.420. The van der Waals surface area contributed by atoms with Gasteiger partial charge in [0.05, 0.1) is 11.6 Å². The van der Waals surface area contributed by atoms with E-state index in [-0.39, 0.29) is 5.92 Å². The zero-order chi connectivity index (χ0) is 9.42. The van der Waals surface area contributed by atoms with Crippen molar-refractivity contribution in [3.63, 3.8) is 0 Å². The molecule has 0 spiro atoms. The summed E-state index contributed by atoms with van der Waals surface area (Å²) < 4.78 is 0.797. The highest BCUT2D eigenvalue weighted by Crippen LogP contribution is 2.37. The molecule has 0 aliphatic heterocycles. The Morgan fingerprint density at radius 2 is 2.46 bits per heavy atom. The number of halogens is 1. The molecule has 1 aromatic heterocycles. The van der Waals surface area contributed by atoms with Crippen LogP contribution < -0.4 is 0 Å². The van der Waals surface area contributed by atoms with Crippen molar-refractivity contribution in [3.8, 4) is 0 Å². The number of nitrogens with zero attached hydrogens (tertiary/aromatic N) is 1. The van der Waals surface area contributed by atoms with Crippen molar-refractivity contribution >= 4 is 33.2 Å². The highest BCUT2D eigenvalue weighted by molar-refractivity contribution is 9.11. The maximum atomic E-state index is 10.9. The average molecular weight is 262 g/mol. The molecule has 0 saturated heterocycles. The van der Waals surface area contributed by atoms with Crippen LogP contribution in [0.1, 0.15) is 29.3 Å². The Morgan fingerprint density at radius 3 is 3.15 bits per heavy atom. The minimum atomic E-state index is -0.725. The van der Waals surface area contributed by atoms with Crippen LogP contribution in [0.25, 0.3) is 0 Å². The third-order valence-electron chi connectivity index (χ3n) is 2.22. The van der Waals surface area contributed by atoms with Gasteiger partial charge >= 0.3 is 5.97 Å². The van der Waals surface area contributed by atoms with Gasteiger partial charge in [-0.1, -0.05) is 0 Å². The van der Waals surface area contributed by atoms with Crippen molar-refractivity contribution in [1.82, 2.24) is 4.98 Å². The Morgan fingerprint density at radius 1 is 1.69 bits per heavy atom. The van der Waals surface area contributed by atoms with Crippen LogP contribution in [-0.2, 0) is 11.2 Å². The second kappa shape index (κ2) is 3.38. The second-order valence-electron chi connectivity index (χ2n) is 3.06. The molecular formula is C8H8BrNO2S. The smallest absolute Gasteiger partial charge is 0.311 e. The monoisotopic (exact) mass is 261 g/mol. The molecule has 1 heterocycles. The van der Waals surface area contributed by atoms with E-state index in [4.69, 9.17) is 5.11 Å². The lowest BCUT2D eigenvalue weighted by Gasteiger charge is -2.16. The number of thiazole rings is 1. The number of rotatable bonds is 1. The molecule has 0 bridgehead atoms. The van der Waals surface area contributed by atoms with Crippen LogP contribution >= 0.6 is 27.3 Å². The SMILES string of the molecule is O=C(O)C1CCCc2nc(Br)sc21. The summed E-state index contributed by atoms with van der Waals surface area (Å²) in [6.45, 7) is 0. The normalized spacial score (nSPS) is 21.2. The number of fused-ring (bicyclic) bond motifs is 1. The van der Waals surface area contributed by atoms with E-state index < -0.39 is 5.97 Å². The molecular weight excluding hydrogens is 254 g/mol. The molecule has 13 heavy (non-hydrogen) atoms. The number of carbonyl (C=O) groups is 1. The zero-order valence-electron chi connectivity index (χ0n) is 6.79. The first-order chi connectivity index (χ1) is 6.18. The van der Waals surface area contributed by atoms with Gasteiger partial charge < -0.3 is 5.11 Å². The lowest BCUT2D eigenvalue weighted by molar-refractivity contribution is -0.139. The summed E-state index contributed by atoms with van der Waals surface area (Å²) in [6, 6.07) is 0. The number of hydrogen-bond acceptors (Lipinski definition) is 3. The van der Waals surface area contributed by atoms with E-state index in [1.165, 1.54) is 11.3 Å². The number of aliphatic carboxylic acids is 1. The summed E-state index contributed by atoms with van der Waals surface area (Å²) in [7, 11) is 0. The van der Waals surface area contributed by atoms with Crippen molar-refractivity contribution < 1.29 is 9.90 Å². The predicted molar refractivity (Wildman–Crippen MR) is 53.1 cm³/mol. The summed E-state index contributed by atoms with van der Waals surface area (Å²) in [4.78, 5) is 16.1. The van der Waals surface area contributed by atoms with Gasteiger partial charge in [0.2, 0.25) is 0 Å². The van der Waals surface area contributed by atoms with Crippen molar-refractivity contribution in [2.45, 2.75) is 25.2 Å². The minimum absolute atomic E-state index is 0.326. The molecule has 70 valence electrons. The molecule has 2 rings (SSSR count). The highest BCUT2D eigenvalue weighted by atomic mass is 79.9. The van der Waals surface area contributed by atoms with Crippen molar-refractivity contribution in [3.05, 3.63) is 14.5 Å². The van der Waals surface area contributed by atoms with Gasteiger partial charge in [-0.3, -0.25) is 4.79 Å². The van der Waals surface area contributed by atoms with Gasteiger partial charge in [-0.15, -0.1) is 11.3 Å². The standard InChI is InChI=1S/C8H8BrNO2S/c9-8-10-5-3-1-2-4(7(11)12)6(5)13-8/h4H,1-3H2,(H,11,12). The predicted octanol–water partition coefficient (Wildman–Crippen LogP) is 2.41. The number of aryl methyl sites for hydroxylation is 1. The molecule has 0 radical (unpaired) electrons. The number of aromatic nitrogens is 1. The Bertz CT molecular complexity index is 350. The third-order valence-corrected chi connectivity index (χ3v) is 3.89. The number of carboxylic acid groups (broad SMARTS) is 1. The van der Waals surface area contributed by atoms with Crippen molar-refractivity contribution in [2.24, 2.45) is 0 Å². The van der Waals surface area contributed by atoms with Gasteiger partial charge in [-0.25, -0.2) is 4.98 Å². The van der Waals surface area contributed by atoms with E-state index in [2.05, 4.69) is 20.9 Å². The van der Waals surface area contributed by atoms with E-state index in [1.54, 1.807) is 0 Å². The molecule has 1 aliphatic carbocycles. The first-order valence-corrected chi connectivity index (χ1v) is 5.67. The molecule has 0 aromatic carbocycles. The Labute approximate surface area is 87.9 Å². The summed E-state index contributed by atoms with van der Waals surface area (Å²) >= 11 is 4.73.